The highest BCUT2D eigenvalue weighted by Crippen LogP contribution is 2.47. The smallest absolute Gasteiger partial charge is 0.231 e. The summed E-state index contributed by atoms with van der Waals surface area (Å²) in [4.78, 5) is 14.7. The van der Waals surface area contributed by atoms with Crippen molar-refractivity contribution in [2.24, 2.45) is 11.3 Å². The van der Waals surface area contributed by atoms with Crippen LogP contribution in [0.25, 0.3) is 0 Å². The average Bonchev–Trinajstić information content (AvgIpc) is 3.54. The molecule has 1 aliphatic heterocycles. The molecular formula is C26H31FNO4. The molecule has 6 heteroatoms. The number of methoxy groups -OCH3 is 1. The van der Waals surface area contributed by atoms with Gasteiger partial charge in [0.15, 0.2) is 11.5 Å². The Balaban J connectivity index is 1.55. The summed E-state index contributed by atoms with van der Waals surface area (Å²) in [6.45, 7) is 5.37. The van der Waals surface area contributed by atoms with Gasteiger partial charge in [0, 0.05) is 24.4 Å². The van der Waals surface area contributed by atoms with Crippen LogP contribution in [0.3, 0.4) is 0 Å². The Morgan fingerprint density at radius 2 is 1.97 bits per heavy atom. The fraction of sp³-hybridized carbons (Fsp3) is 0.462. The Morgan fingerprint density at radius 3 is 2.59 bits per heavy atom. The molecule has 1 N–H and O–H groups in total. The van der Waals surface area contributed by atoms with Gasteiger partial charge in [0.1, 0.15) is 5.82 Å². The van der Waals surface area contributed by atoms with Crippen LogP contribution in [-0.4, -0.2) is 48.8 Å². The third kappa shape index (κ3) is 4.75. The lowest BCUT2D eigenvalue weighted by atomic mass is 9.72. The number of benzene rings is 2. The second-order valence-electron chi connectivity index (χ2n) is 9.31. The molecule has 2 aliphatic rings. The first-order valence-corrected chi connectivity index (χ1v) is 11.2. The molecule has 5 nitrogen and oxygen atoms in total. The summed E-state index contributed by atoms with van der Waals surface area (Å²) in [6.07, 6.45) is 3.30. The van der Waals surface area contributed by atoms with Gasteiger partial charge < -0.3 is 19.5 Å². The van der Waals surface area contributed by atoms with Gasteiger partial charge in [0.25, 0.3) is 0 Å². The Morgan fingerprint density at radius 1 is 1.25 bits per heavy atom. The van der Waals surface area contributed by atoms with Gasteiger partial charge in [-0.05, 0) is 61.1 Å². The van der Waals surface area contributed by atoms with Crippen molar-refractivity contribution >= 4 is 5.91 Å². The van der Waals surface area contributed by atoms with Crippen molar-refractivity contribution < 1.29 is 23.8 Å². The van der Waals surface area contributed by atoms with Crippen LogP contribution in [-0.2, 0) is 4.79 Å². The molecule has 2 aromatic carbocycles. The molecule has 1 heterocycles. The average molecular weight is 441 g/mol. The normalized spacial score (nSPS) is 23.8. The zero-order valence-corrected chi connectivity index (χ0v) is 18.9. The summed E-state index contributed by atoms with van der Waals surface area (Å²) in [5.74, 6) is 1.45. The van der Waals surface area contributed by atoms with E-state index >= 15 is 0 Å². The van der Waals surface area contributed by atoms with Crippen LogP contribution in [0.15, 0.2) is 42.5 Å². The lowest BCUT2D eigenvalue weighted by Crippen LogP contribution is -2.38. The van der Waals surface area contributed by atoms with E-state index in [0.29, 0.717) is 42.7 Å². The van der Waals surface area contributed by atoms with Crippen LogP contribution in [0, 0.1) is 23.6 Å². The zero-order chi connectivity index (χ0) is 22.9. The van der Waals surface area contributed by atoms with Crippen molar-refractivity contribution in [1.29, 1.82) is 0 Å². The summed E-state index contributed by atoms with van der Waals surface area (Å²) >= 11 is 0. The minimum atomic E-state index is -0.617. The van der Waals surface area contributed by atoms with Gasteiger partial charge in [0.05, 0.1) is 26.2 Å². The standard InChI is InChI=1S/C26H31FNO4/c1-17(29)26(2)16-28(25(30)12-18-6-9-21(27)10-7-18)14-22(26)20-8-11-23(31-3)24(13-20)32-15-19-4-5-19/h6-13,17,19,22,29H,4-5,14-16H2,1-3H3/t17-,22+,26+/m1/s1. The number of likely N-dealkylation sites (tertiary alicyclic amines) is 1. The van der Waals surface area contributed by atoms with Crippen LogP contribution in [0.4, 0.5) is 4.39 Å². The summed E-state index contributed by atoms with van der Waals surface area (Å²) in [7, 11) is 1.63. The first kappa shape index (κ1) is 22.6. The molecule has 0 bridgehead atoms. The Bertz CT molecular complexity index is 957. The maximum Gasteiger partial charge on any atom is 0.231 e. The van der Waals surface area contributed by atoms with E-state index in [1.807, 2.05) is 25.1 Å². The quantitative estimate of drug-likeness (QED) is 0.669. The van der Waals surface area contributed by atoms with Gasteiger partial charge in [-0.1, -0.05) is 25.1 Å². The molecule has 0 spiro atoms. The second-order valence-corrected chi connectivity index (χ2v) is 9.31. The number of nitrogens with zero attached hydrogens (tertiary/aromatic N) is 1. The fourth-order valence-corrected chi connectivity index (χ4v) is 4.40. The number of carbonyl (C=O) groups excluding carboxylic acids is 1. The van der Waals surface area contributed by atoms with E-state index in [1.165, 1.54) is 31.4 Å². The van der Waals surface area contributed by atoms with Crippen LogP contribution in [0.2, 0.25) is 0 Å². The van der Waals surface area contributed by atoms with Crippen molar-refractivity contribution in [3.8, 4) is 11.5 Å². The minimum absolute atomic E-state index is 0.0674. The maximum atomic E-state index is 13.2. The van der Waals surface area contributed by atoms with E-state index in [1.54, 1.807) is 31.1 Å². The Labute approximate surface area is 189 Å². The van der Waals surface area contributed by atoms with Gasteiger partial charge >= 0.3 is 0 Å². The topological polar surface area (TPSA) is 59.0 Å². The molecule has 0 aromatic heterocycles. The monoisotopic (exact) mass is 440 g/mol. The molecule has 1 amide bonds. The highest BCUT2D eigenvalue weighted by molar-refractivity contribution is 5.89. The van der Waals surface area contributed by atoms with Gasteiger partial charge in [-0.3, -0.25) is 4.79 Å². The van der Waals surface area contributed by atoms with E-state index in [0.717, 1.165) is 5.56 Å². The van der Waals surface area contributed by atoms with Crippen LogP contribution >= 0.6 is 0 Å². The van der Waals surface area contributed by atoms with Crippen molar-refractivity contribution in [3.63, 3.8) is 0 Å². The van der Waals surface area contributed by atoms with Gasteiger partial charge in [-0.2, -0.15) is 0 Å². The molecule has 1 saturated carbocycles. The first-order valence-electron chi connectivity index (χ1n) is 11.2. The predicted octanol–water partition coefficient (Wildman–Crippen LogP) is 4.19. The number of hydrogen-bond donors (Lipinski definition) is 1. The summed E-state index contributed by atoms with van der Waals surface area (Å²) in [5, 5.41) is 10.7. The number of amides is 1. The van der Waals surface area contributed by atoms with Crippen molar-refractivity contribution in [1.82, 2.24) is 4.90 Å². The molecule has 1 aliphatic carbocycles. The Hall–Kier alpha value is -2.60. The number of carbonyl (C=O) groups is 1. The summed E-state index contributed by atoms with van der Waals surface area (Å²) in [5.41, 5.74) is 1.14. The molecule has 1 radical (unpaired) electrons. The number of ether oxygens (including phenoxy) is 2. The molecule has 3 atom stereocenters. The SMILES string of the molecule is COc1ccc([C@@H]2CN(C(=O)[CH]c3ccc(F)cc3)C[C@@]2(C)[C@@H](C)O)cc1OCC1CC1. The van der Waals surface area contributed by atoms with Crippen LogP contribution < -0.4 is 9.47 Å². The number of hydrogen-bond acceptors (Lipinski definition) is 4. The molecule has 32 heavy (non-hydrogen) atoms. The van der Waals surface area contributed by atoms with Crippen LogP contribution in [0.5, 0.6) is 11.5 Å². The van der Waals surface area contributed by atoms with Gasteiger partial charge in [0.2, 0.25) is 5.91 Å². The largest absolute Gasteiger partial charge is 0.493 e. The molecule has 4 rings (SSSR count). The van der Waals surface area contributed by atoms with Gasteiger partial charge in [-0.15, -0.1) is 0 Å². The van der Waals surface area contributed by atoms with E-state index < -0.39 is 11.5 Å². The van der Waals surface area contributed by atoms with E-state index in [9.17, 15) is 14.3 Å². The number of rotatable bonds is 8. The first-order chi connectivity index (χ1) is 15.3. The summed E-state index contributed by atoms with van der Waals surface area (Å²) < 4.78 is 24.7. The van der Waals surface area contributed by atoms with Crippen molar-refractivity contribution in [2.45, 2.75) is 38.7 Å². The van der Waals surface area contributed by atoms with E-state index in [4.69, 9.17) is 9.47 Å². The zero-order valence-electron chi connectivity index (χ0n) is 18.9. The van der Waals surface area contributed by atoms with Crippen LogP contribution in [0.1, 0.15) is 43.7 Å². The third-order valence-electron chi connectivity index (χ3n) is 6.92. The minimum Gasteiger partial charge on any atom is -0.493 e. The number of halogens is 1. The highest BCUT2D eigenvalue weighted by Gasteiger charge is 2.48. The second kappa shape index (κ2) is 9.10. The van der Waals surface area contributed by atoms with Crippen molar-refractivity contribution in [3.05, 3.63) is 65.8 Å². The predicted molar refractivity (Wildman–Crippen MR) is 120 cm³/mol. The number of aliphatic hydroxyl groups excluding tert-OH is 1. The molecular weight excluding hydrogens is 409 g/mol. The molecule has 1 saturated heterocycles. The fourth-order valence-electron chi connectivity index (χ4n) is 4.40. The van der Waals surface area contributed by atoms with Gasteiger partial charge in [-0.25, -0.2) is 4.39 Å². The molecule has 171 valence electrons. The number of aliphatic hydroxyl groups is 1. The van der Waals surface area contributed by atoms with E-state index in [-0.39, 0.29) is 17.6 Å². The van der Waals surface area contributed by atoms with Crippen molar-refractivity contribution in [2.75, 3.05) is 26.8 Å². The molecule has 0 unspecified atom stereocenters. The molecule has 2 fully saturated rings. The molecule has 2 aromatic rings. The lowest BCUT2D eigenvalue weighted by molar-refractivity contribution is -0.126. The summed E-state index contributed by atoms with van der Waals surface area (Å²) in [6, 6.07) is 11.7. The Kier molecular flexibility index (Phi) is 6.42. The third-order valence-corrected chi connectivity index (χ3v) is 6.92. The maximum absolute atomic E-state index is 13.2. The van der Waals surface area contributed by atoms with E-state index in [2.05, 4.69) is 0 Å². The lowest BCUT2D eigenvalue weighted by Gasteiger charge is -2.33. The highest BCUT2D eigenvalue weighted by atomic mass is 19.1.